The summed E-state index contributed by atoms with van der Waals surface area (Å²) in [7, 11) is -2.46. The van der Waals surface area contributed by atoms with Gasteiger partial charge in [0.2, 0.25) is 0 Å². The lowest BCUT2D eigenvalue weighted by Crippen LogP contribution is -2.15. The van der Waals surface area contributed by atoms with Gasteiger partial charge >= 0.3 is 5.63 Å². The van der Waals surface area contributed by atoms with Gasteiger partial charge in [-0.15, -0.1) is 5.69 Å². The Hall–Kier alpha value is -3.21. The van der Waals surface area contributed by atoms with E-state index in [-0.39, 0.29) is 12.1 Å². The first-order valence-corrected chi connectivity index (χ1v) is 12.0. The molecule has 4 rings (SSSR count). The lowest BCUT2D eigenvalue weighted by atomic mass is 9.98. The monoisotopic (exact) mass is 470 g/mol. The highest BCUT2D eigenvalue weighted by molar-refractivity contribution is 7.92. The van der Waals surface area contributed by atoms with Gasteiger partial charge in [0, 0.05) is 35.0 Å². The number of benzene rings is 2. The molecule has 0 bridgehead atoms. The van der Waals surface area contributed by atoms with Crippen LogP contribution in [-0.4, -0.2) is 20.4 Å². The zero-order valence-corrected chi connectivity index (χ0v) is 19.2. The first kappa shape index (κ1) is 22.0. The van der Waals surface area contributed by atoms with E-state index in [2.05, 4.69) is 14.4 Å². The molecular formula is C22H20N3O5S2-. The maximum absolute atomic E-state index is 12.8. The number of nitrogens with one attached hydrogen (secondary N) is 1. The first-order valence-electron chi connectivity index (χ1n) is 9.65. The van der Waals surface area contributed by atoms with Gasteiger partial charge < -0.3 is 13.9 Å². The van der Waals surface area contributed by atoms with Crippen molar-refractivity contribution in [1.82, 2.24) is 9.71 Å². The molecule has 0 amide bonds. The molecule has 0 unspecified atom stereocenters. The zero-order valence-electron chi connectivity index (χ0n) is 17.6. The first-order chi connectivity index (χ1) is 15.3. The quantitative estimate of drug-likeness (QED) is 0.391. The van der Waals surface area contributed by atoms with Gasteiger partial charge in [-0.2, -0.15) is 0 Å². The molecule has 1 N–H and O–H groups in total. The number of aryl methyl sites for hydroxylation is 2. The average molecular weight is 471 g/mol. The Labute approximate surface area is 189 Å². The Morgan fingerprint density at radius 2 is 2.03 bits per heavy atom. The molecular weight excluding hydrogens is 450 g/mol. The van der Waals surface area contributed by atoms with Gasteiger partial charge in [-0.05, 0) is 43.7 Å². The van der Waals surface area contributed by atoms with Crippen molar-refractivity contribution in [2.24, 2.45) is 0 Å². The summed E-state index contributed by atoms with van der Waals surface area (Å²) in [5.41, 5.74) is 3.17. The van der Waals surface area contributed by atoms with Gasteiger partial charge in [-0.3, -0.25) is 0 Å². The van der Waals surface area contributed by atoms with Crippen LogP contribution in [0.5, 0.6) is 10.9 Å². The molecule has 0 saturated carbocycles. The molecule has 0 aliphatic carbocycles. The smallest absolute Gasteiger partial charge is 0.340 e. The van der Waals surface area contributed by atoms with Crippen LogP contribution in [0.15, 0.2) is 57.2 Å². The van der Waals surface area contributed by atoms with Gasteiger partial charge in [0.25, 0.3) is 5.19 Å². The van der Waals surface area contributed by atoms with Crippen molar-refractivity contribution in [3.8, 4) is 10.9 Å². The predicted molar refractivity (Wildman–Crippen MR) is 124 cm³/mol. The lowest BCUT2D eigenvalue weighted by Gasteiger charge is -2.21. The van der Waals surface area contributed by atoms with E-state index in [4.69, 9.17) is 9.15 Å². The van der Waals surface area contributed by atoms with E-state index in [1.54, 1.807) is 30.5 Å². The number of rotatable bonds is 7. The van der Waals surface area contributed by atoms with Crippen LogP contribution in [0, 0.1) is 13.8 Å². The average Bonchev–Trinajstić information content (AvgIpc) is 3.26. The highest BCUT2D eigenvalue weighted by atomic mass is 32.2. The summed E-state index contributed by atoms with van der Waals surface area (Å²) in [4.78, 5) is 16.9. The lowest BCUT2D eigenvalue weighted by molar-refractivity contribution is 0.473. The van der Waals surface area contributed by atoms with Crippen molar-refractivity contribution >= 4 is 38.2 Å². The van der Waals surface area contributed by atoms with E-state index in [0.29, 0.717) is 22.1 Å². The van der Waals surface area contributed by atoms with Crippen molar-refractivity contribution in [3.05, 3.63) is 85.4 Å². The van der Waals surface area contributed by atoms with E-state index in [1.807, 2.05) is 31.4 Å². The van der Waals surface area contributed by atoms with Gasteiger partial charge in [0.05, 0.1) is 0 Å². The second-order valence-corrected chi connectivity index (χ2v) is 9.52. The van der Waals surface area contributed by atoms with Crippen LogP contribution in [0.3, 0.4) is 0 Å². The summed E-state index contributed by atoms with van der Waals surface area (Å²) in [6.45, 7) is 3.79. The molecule has 10 heteroatoms. The molecule has 0 saturated heterocycles. The minimum Gasteiger partial charge on any atom is -0.564 e. The van der Waals surface area contributed by atoms with Gasteiger partial charge in [0.1, 0.15) is 11.3 Å². The fourth-order valence-corrected chi connectivity index (χ4v) is 4.29. The fraction of sp³-hybridized carbons (Fsp3) is 0.182. The second-order valence-electron chi connectivity index (χ2n) is 7.12. The van der Waals surface area contributed by atoms with Crippen LogP contribution in [0.2, 0.25) is 0 Å². The van der Waals surface area contributed by atoms with Crippen molar-refractivity contribution in [2.75, 3.05) is 7.05 Å². The number of aromatic nitrogens is 1. The number of hydrogen-bond acceptors (Lipinski definition) is 7. The van der Waals surface area contributed by atoms with E-state index in [0.717, 1.165) is 22.1 Å². The third-order valence-electron chi connectivity index (χ3n) is 4.96. The van der Waals surface area contributed by atoms with Gasteiger partial charge in [0.15, 0.2) is 10.2 Å². The number of nitrogens with zero attached hydrogens (tertiary/aromatic N) is 2. The van der Waals surface area contributed by atoms with E-state index in [1.165, 1.54) is 18.4 Å². The standard InChI is InChI=1S/C22H20N3O5S2/c1-13-9-17-14(2)18(11-15-5-4-6-16(10-15)25-32(27,28)23-3)21(26)29-20(17)12-19(13)30-22-24-7-8-31-22/h4-10,12,23H,11H2,1-3H3/q-1. The van der Waals surface area contributed by atoms with E-state index >= 15 is 0 Å². The molecule has 4 aromatic rings. The van der Waals surface area contributed by atoms with Crippen LogP contribution in [0.1, 0.15) is 22.3 Å². The Balaban J connectivity index is 1.69. The molecule has 8 nitrogen and oxygen atoms in total. The Morgan fingerprint density at radius 3 is 2.75 bits per heavy atom. The molecule has 0 radical (unpaired) electrons. The van der Waals surface area contributed by atoms with Crippen LogP contribution in [-0.2, 0) is 16.6 Å². The molecule has 32 heavy (non-hydrogen) atoms. The minimum atomic E-state index is -3.76. The van der Waals surface area contributed by atoms with Crippen molar-refractivity contribution in [3.63, 3.8) is 0 Å². The van der Waals surface area contributed by atoms with Crippen molar-refractivity contribution in [2.45, 2.75) is 20.3 Å². The molecule has 0 aliphatic rings. The summed E-state index contributed by atoms with van der Waals surface area (Å²) in [6.07, 6.45) is 1.94. The summed E-state index contributed by atoms with van der Waals surface area (Å²) < 4.78 is 40.7. The molecule has 2 aromatic heterocycles. The van der Waals surface area contributed by atoms with Crippen LogP contribution in [0.4, 0.5) is 5.69 Å². The largest absolute Gasteiger partial charge is 0.564 e. The number of fused-ring (bicyclic) bond motifs is 1. The van der Waals surface area contributed by atoms with Gasteiger partial charge in [-0.1, -0.05) is 35.6 Å². The minimum absolute atomic E-state index is 0.277. The van der Waals surface area contributed by atoms with Crippen molar-refractivity contribution < 1.29 is 17.6 Å². The maximum Gasteiger partial charge on any atom is 0.340 e. The normalized spacial score (nSPS) is 11.6. The highest BCUT2D eigenvalue weighted by Crippen LogP contribution is 2.32. The Morgan fingerprint density at radius 1 is 1.22 bits per heavy atom. The summed E-state index contributed by atoms with van der Waals surface area (Å²) in [5.74, 6) is 0.572. The Bertz CT molecular complexity index is 1440. The van der Waals surface area contributed by atoms with Crippen LogP contribution >= 0.6 is 11.3 Å². The maximum atomic E-state index is 12.8. The summed E-state index contributed by atoms with van der Waals surface area (Å²) in [6, 6.07) is 10.3. The number of thiazole rings is 1. The molecule has 0 aliphatic heterocycles. The fourth-order valence-electron chi connectivity index (χ4n) is 3.31. The molecule has 2 aromatic carbocycles. The second kappa shape index (κ2) is 8.73. The summed E-state index contributed by atoms with van der Waals surface area (Å²) >= 11 is 1.37. The van der Waals surface area contributed by atoms with Crippen LogP contribution < -0.4 is 15.1 Å². The third-order valence-corrected chi connectivity index (χ3v) is 6.58. The highest BCUT2D eigenvalue weighted by Gasteiger charge is 2.15. The van der Waals surface area contributed by atoms with Crippen LogP contribution in [0.25, 0.3) is 15.7 Å². The van der Waals surface area contributed by atoms with E-state index in [9.17, 15) is 13.2 Å². The zero-order chi connectivity index (χ0) is 22.9. The molecule has 0 atom stereocenters. The number of hydrogen-bond donors (Lipinski definition) is 1. The molecule has 0 spiro atoms. The number of ether oxygens (including phenoxy) is 1. The Kier molecular flexibility index (Phi) is 6.00. The van der Waals surface area contributed by atoms with E-state index < -0.39 is 15.8 Å². The molecule has 166 valence electrons. The topological polar surface area (TPSA) is 113 Å². The summed E-state index contributed by atoms with van der Waals surface area (Å²) in [5, 5.41) is 3.13. The van der Waals surface area contributed by atoms with Gasteiger partial charge in [-0.25, -0.2) is 22.9 Å². The third kappa shape index (κ3) is 4.67. The molecule has 0 fully saturated rings. The SMILES string of the molecule is CNS(=O)(=O)[N-]c1cccc(Cc2c(C)c3cc(C)c(Oc4nccs4)cc3oc2=O)c1. The van der Waals surface area contributed by atoms with Crippen molar-refractivity contribution in [1.29, 1.82) is 0 Å². The molecule has 2 heterocycles. The predicted octanol–water partition coefficient (Wildman–Crippen LogP) is 4.72.